The Bertz CT molecular complexity index is 548. The molecule has 1 rings (SSSR count). The highest BCUT2D eigenvalue weighted by Crippen LogP contribution is 2.31. The number of rotatable bonds is 8. The second-order valence-corrected chi connectivity index (χ2v) is 4.53. The Morgan fingerprint density at radius 2 is 1.62 bits per heavy atom. The molecule has 1 aromatic carbocycles. The normalized spacial score (nSPS) is 9.46. The van der Waals surface area contributed by atoms with Gasteiger partial charge in [-0.05, 0) is 6.07 Å². The zero-order valence-electron chi connectivity index (χ0n) is 13.9. The number of para-hydroxylation sites is 1. The average Bonchev–Trinajstić information content (AvgIpc) is 2.55. The van der Waals surface area contributed by atoms with E-state index in [0.717, 1.165) is 36.7 Å². The van der Waals surface area contributed by atoms with Crippen molar-refractivity contribution in [3.05, 3.63) is 49.1 Å². The molecule has 24 heavy (non-hydrogen) atoms. The Kier molecular flexibility index (Phi) is 10.4. The van der Waals surface area contributed by atoms with Gasteiger partial charge in [-0.15, -0.1) is 13.2 Å². The van der Waals surface area contributed by atoms with E-state index in [-0.39, 0.29) is 0 Å². The maximum absolute atomic E-state index is 9.10. The summed E-state index contributed by atoms with van der Waals surface area (Å²) in [6, 6.07) is 5.91. The molecule has 132 valence electrons. The summed E-state index contributed by atoms with van der Waals surface area (Å²) in [5.74, 6) is -2.10. The van der Waals surface area contributed by atoms with Crippen LogP contribution < -0.4 is 9.47 Å². The fourth-order valence-corrected chi connectivity index (χ4v) is 1.89. The zero-order valence-corrected chi connectivity index (χ0v) is 13.9. The summed E-state index contributed by atoms with van der Waals surface area (Å²) < 4.78 is 10.7. The maximum Gasteiger partial charge on any atom is 0.414 e. The predicted molar refractivity (Wildman–Crippen MR) is 90.5 cm³/mol. The Labute approximate surface area is 141 Å². The number of ether oxygens (including phenoxy) is 2. The minimum atomic E-state index is -1.82. The minimum absolute atomic E-state index is 0.757. The number of methoxy groups -OCH3 is 2. The van der Waals surface area contributed by atoms with Crippen LogP contribution >= 0.6 is 0 Å². The van der Waals surface area contributed by atoms with Crippen LogP contribution in [0.25, 0.3) is 0 Å². The molecule has 1 aromatic rings. The van der Waals surface area contributed by atoms with E-state index in [0.29, 0.717) is 0 Å². The van der Waals surface area contributed by atoms with E-state index in [1.54, 1.807) is 14.2 Å². The maximum atomic E-state index is 9.10. The summed E-state index contributed by atoms with van der Waals surface area (Å²) in [6.45, 7) is 9.94. The Balaban J connectivity index is 0.000000754. The van der Waals surface area contributed by atoms with Crippen molar-refractivity contribution < 1.29 is 29.3 Å². The molecular weight excluding hydrogens is 314 g/mol. The number of hydrogen-bond donors (Lipinski definition) is 2. The van der Waals surface area contributed by atoms with Crippen molar-refractivity contribution in [1.82, 2.24) is 4.90 Å². The van der Waals surface area contributed by atoms with Crippen LogP contribution in [0, 0.1) is 0 Å². The van der Waals surface area contributed by atoms with E-state index in [4.69, 9.17) is 29.3 Å². The number of carbonyl (C=O) groups is 2. The first-order chi connectivity index (χ1) is 11.4. The first-order valence-electron chi connectivity index (χ1n) is 7.01. The SMILES string of the molecule is C=CCN(CC=C)Cc1cccc(OC)c1OC.O=C(O)C(=O)O. The monoisotopic (exact) mass is 337 g/mol. The number of carboxylic acid groups (broad SMARTS) is 2. The van der Waals surface area contributed by atoms with Gasteiger partial charge in [-0.3, -0.25) is 4.90 Å². The van der Waals surface area contributed by atoms with Crippen molar-refractivity contribution in [3.8, 4) is 11.5 Å². The van der Waals surface area contributed by atoms with E-state index in [9.17, 15) is 0 Å². The molecule has 0 amide bonds. The molecule has 0 aliphatic carbocycles. The van der Waals surface area contributed by atoms with Gasteiger partial charge in [0.15, 0.2) is 11.5 Å². The molecule has 0 heterocycles. The Morgan fingerprint density at radius 3 is 2.00 bits per heavy atom. The van der Waals surface area contributed by atoms with E-state index in [2.05, 4.69) is 18.1 Å². The fourth-order valence-electron chi connectivity index (χ4n) is 1.89. The molecule has 0 aliphatic rings. The second-order valence-electron chi connectivity index (χ2n) is 4.53. The lowest BCUT2D eigenvalue weighted by molar-refractivity contribution is -0.159. The average molecular weight is 337 g/mol. The molecule has 7 heteroatoms. The van der Waals surface area contributed by atoms with Gasteiger partial charge in [0.2, 0.25) is 0 Å². The van der Waals surface area contributed by atoms with Gasteiger partial charge in [-0.25, -0.2) is 9.59 Å². The van der Waals surface area contributed by atoms with Crippen LogP contribution in [0.3, 0.4) is 0 Å². The van der Waals surface area contributed by atoms with Crippen LogP contribution in [-0.2, 0) is 16.1 Å². The van der Waals surface area contributed by atoms with Gasteiger partial charge in [-0.1, -0.05) is 24.3 Å². The van der Waals surface area contributed by atoms with Crippen LogP contribution in [0.5, 0.6) is 11.5 Å². The van der Waals surface area contributed by atoms with E-state index >= 15 is 0 Å². The lowest BCUT2D eigenvalue weighted by atomic mass is 10.1. The molecule has 0 saturated heterocycles. The molecule has 0 atom stereocenters. The van der Waals surface area contributed by atoms with Gasteiger partial charge >= 0.3 is 11.9 Å². The molecule has 2 N–H and O–H groups in total. The molecule has 0 unspecified atom stereocenters. The topological polar surface area (TPSA) is 96.3 Å². The van der Waals surface area contributed by atoms with Gasteiger partial charge in [-0.2, -0.15) is 0 Å². The van der Waals surface area contributed by atoms with Gasteiger partial charge in [0.25, 0.3) is 0 Å². The van der Waals surface area contributed by atoms with Crippen molar-refractivity contribution >= 4 is 11.9 Å². The van der Waals surface area contributed by atoms with E-state index in [1.165, 1.54) is 0 Å². The minimum Gasteiger partial charge on any atom is -0.493 e. The highest BCUT2D eigenvalue weighted by Gasteiger charge is 2.11. The molecular formula is C17H23NO6. The molecule has 7 nitrogen and oxygen atoms in total. The van der Waals surface area contributed by atoms with Crippen molar-refractivity contribution in [2.75, 3.05) is 27.3 Å². The number of hydrogen-bond acceptors (Lipinski definition) is 5. The highest BCUT2D eigenvalue weighted by molar-refractivity contribution is 6.27. The van der Waals surface area contributed by atoms with Gasteiger partial charge in [0.1, 0.15) is 0 Å². The molecule has 0 spiro atoms. The number of benzene rings is 1. The summed E-state index contributed by atoms with van der Waals surface area (Å²) in [6.07, 6.45) is 3.77. The van der Waals surface area contributed by atoms with Crippen LogP contribution in [-0.4, -0.2) is 54.4 Å². The van der Waals surface area contributed by atoms with Gasteiger partial charge < -0.3 is 19.7 Å². The van der Waals surface area contributed by atoms with Crippen molar-refractivity contribution in [2.45, 2.75) is 6.54 Å². The number of aliphatic carboxylic acids is 2. The Hall–Kier alpha value is -2.80. The van der Waals surface area contributed by atoms with Crippen LogP contribution in [0.4, 0.5) is 0 Å². The zero-order chi connectivity index (χ0) is 18.5. The fraction of sp³-hybridized carbons (Fsp3) is 0.294. The third kappa shape index (κ3) is 7.46. The van der Waals surface area contributed by atoms with Crippen molar-refractivity contribution in [2.24, 2.45) is 0 Å². The molecule has 0 bridgehead atoms. The number of nitrogens with zero attached hydrogens (tertiary/aromatic N) is 1. The smallest absolute Gasteiger partial charge is 0.414 e. The largest absolute Gasteiger partial charge is 0.493 e. The van der Waals surface area contributed by atoms with Gasteiger partial charge in [0.05, 0.1) is 14.2 Å². The summed E-state index contributed by atoms with van der Waals surface area (Å²) in [5.41, 5.74) is 1.10. The standard InChI is InChI=1S/C15H21NO2.C2H2O4/c1-5-10-16(11-6-2)12-13-8-7-9-14(17-3)15(13)18-4;3-1(4)2(5)6/h5-9H,1-2,10-12H2,3-4H3;(H,3,4)(H,5,6). The second kappa shape index (κ2) is 11.7. The first kappa shape index (κ1) is 21.2. The third-order valence-electron chi connectivity index (χ3n) is 2.84. The van der Waals surface area contributed by atoms with Crippen LogP contribution in [0.15, 0.2) is 43.5 Å². The van der Waals surface area contributed by atoms with E-state index < -0.39 is 11.9 Å². The molecule has 0 saturated carbocycles. The molecule has 0 aliphatic heterocycles. The molecule has 0 aromatic heterocycles. The summed E-state index contributed by atoms with van der Waals surface area (Å²) in [4.78, 5) is 20.4. The molecule has 0 fully saturated rings. The highest BCUT2D eigenvalue weighted by atomic mass is 16.5. The predicted octanol–water partition coefficient (Wildman–Crippen LogP) is 2.03. The van der Waals surface area contributed by atoms with Crippen LogP contribution in [0.1, 0.15) is 5.56 Å². The number of carboxylic acids is 2. The summed E-state index contributed by atoms with van der Waals surface area (Å²) in [5, 5.41) is 14.8. The lowest BCUT2D eigenvalue weighted by Gasteiger charge is -2.21. The van der Waals surface area contributed by atoms with E-state index in [1.807, 2.05) is 30.4 Å². The summed E-state index contributed by atoms with van der Waals surface area (Å²) >= 11 is 0. The van der Waals surface area contributed by atoms with Crippen LogP contribution in [0.2, 0.25) is 0 Å². The lowest BCUT2D eigenvalue weighted by Crippen LogP contribution is -2.23. The summed E-state index contributed by atoms with van der Waals surface area (Å²) in [7, 11) is 3.31. The molecule has 0 radical (unpaired) electrons. The third-order valence-corrected chi connectivity index (χ3v) is 2.84. The van der Waals surface area contributed by atoms with Gasteiger partial charge in [0, 0.05) is 25.2 Å². The van der Waals surface area contributed by atoms with Crippen molar-refractivity contribution in [3.63, 3.8) is 0 Å². The van der Waals surface area contributed by atoms with Crippen molar-refractivity contribution in [1.29, 1.82) is 0 Å². The first-order valence-corrected chi connectivity index (χ1v) is 7.01. The quantitative estimate of drug-likeness (QED) is 0.553. The Morgan fingerprint density at radius 1 is 1.08 bits per heavy atom.